The van der Waals surface area contributed by atoms with Crippen molar-refractivity contribution >= 4 is 29.1 Å². The van der Waals surface area contributed by atoms with E-state index >= 15 is 0 Å². The molecule has 1 aliphatic rings. The fourth-order valence-electron chi connectivity index (χ4n) is 4.43. The van der Waals surface area contributed by atoms with Crippen LogP contribution in [0.1, 0.15) is 36.6 Å². The molecule has 1 atom stereocenters. The zero-order chi connectivity index (χ0) is 26.6. The average Bonchev–Trinajstić information content (AvgIpc) is 3.24. The van der Waals surface area contributed by atoms with Gasteiger partial charge in [0.15, 0.2) is 4.80 Å². The molecule has 4 aromatic rings. The molecule has 0 aliphatic carbocycles. The Morgan fingerprint density at radius 2 is 1.71 bits per heavy atom. The lowest BCUT2D eigenvalue weighted by atomic mass is 9.93. The fourth-order valence-corrected chi connectivity index (χ4v) is 5.42. The first kappa shape index (κ1) is 25.4. The zero-order valence-electron chi connectivity index (χ0n) is 20.9. The van der Waals surface area contributed by atoms with Crippen LogP contribution in [0.4, 0.5) is 4.39 Å². The van der Waals surface area contributed by atoms with E-state index in [2.05, 4.69) is 0 Å². The van der Waals surface area contributed by atoms with Gasteiger partial charge >= 0.3 is 5.97 Å². The molecule has 0 spiro atoms. The first-order valence-corrected chi connectivity index (χ1v) is 13.1. The highest BCUT2D eigenvalue weighted by molar-refractivity contribution is 7.07. The molecule has 1 aliphatic heterocycles. The second-order valence-corrected chi connectivity index (χ2v) is 9.46. The highest BCUT2D eigenvalue weighted by atomic mass is 32.1. The van der Waals surface area contributed by atoms with E-state index in [-0.39, 0.29) is 17.7 Å². The van der Waals surface area contributed by atoms with Crippen molar-refractivity contribution in [2.45, 2.75) is 19.9 Å². The van der Waals surface area contributed by atoms with Gasteiger partial charge in [0.2, 0.25) is 0 Å². The maximum atomic E-state index is 13.9. The second kappa shape index (κ2) is 11.0. The molecule has 0 saturated carbocycles. The Kier molecular flexibility index (Phi) is 7.33. The average molecular weight is 529 g/mol. The van der Waals surface area contributed by atoms with Crippen molar-refractivity contribution in [1.29, 1.82) is 0 Å². The molecule has 0 amide bonds. The first-order chi connectivity index (χ1) is 18.5. The largest absolute Gasteiger partial charge is 0.493 e. The monoisotopic (exact) mass is 528 g/mol. The Hall–Kier alpha value is -4.30. The van der Waals surface area contributed by atoms with E-state index in [9.17, 15) is 14.0 Å². The maximum absolute atomic E-state index is 13.9. The molecule has 0 radical (unpaired) electrons. The number of thiazole rings is 1. The molecule has 1 aromatic heterocycles. The predicted molar refractivity (Wildman–Crippen MR) is 145 cm³/mol. The maximum Gasteiger partial charge on any atom is 0.338 e. The highest BCUT2D eigenvalue weighted by Crippen LogP contribution is 2.35. The summed E-state index contributed by atoms with van der Waals surface area (Å²) in [5.74, 6) is -0.341. The predicted octanol–water partition coefficient (Wildman–Crippen LogP) is 4.47. The van der Waals surface area contributed by atoms with E-state index in [0.29, 0.717) is 38.5 Å². The number of ether oxygens (including phenoxy) is 2. The van der Waals surface area contributed by atoms with E-state index in [1.165, 1.54) is 28.0 Å². The normalized spacial score (nSPS) is 15.1. The summed E-state index contributed by atoms with van der Waals surface area (Å²) in [6, 6.07) is 21.7. The van der Waals surface area contributed by atoms with Crippen molar-refractivity contribution < 1.29 is 18.7 Å². The summed E-state index contributed by atoms with van der Waals surface area (Å²) in [6.45, 7) is 4.26. The Morgan fingerprint density at radius 3 is 2.42 bits per heavy atom. The number of carbonyl (C=O) groups excluding carboxylic acids is 1. The molecule has 5 rings (SSSR count). The van der Waals surface area contributed by atoms with E-state index in [1.807, 2.05) is 61.5 Å². The number of esters is 1. The molecule has 0 saturated heterocycles. The summed E-state index contributed by atoms with van der Waals surface area (Å²) < 4.78 is 27.0. The van der Waals surface area contributed by atoms with E-state index < -0.39 is 17.8 Å². The number of nitrogens with zero attached hydrogens (tertiary/aromatic N) is 2. The van der Waals surface area contributed by atoms with Crippen molar-refractivity contribution in [3.05, 3.63) is 127 Å². The molecule has 6 nitrogen and oxygen atoms in total. The topological polar surface area (TPSA) is 69.9 Å². The molecule has 38 heavy (non-hydrogen) atoms. The summed E-state index contributed by atoms with van der Waals surface area (Å²) in [5, 5.41) is 0. The van der Waals surface area contributed by atoms with Gasteiger partial charge in [0, 0.05) is 11.1 Å². The summed E-state index contributed by atoms with van der Waals surface area (Å²) in [7, 11) is 0. The van der Waals surface area contributed by atoms with Crippen LogP contribution in [0.5, 0.6) is 5.75 Å². The number of aromatic nitrogens is 1. The minimum absolute atomic E-state index is 0.152. The molecule has 0 fully saturated rings. The second-order valence-electron chi connectivity index (χ2n) is 8.45. The standard InChI is InChI=1S/C30H25FN2O4S/c1-3-36-23-13-9-8-12-21(23)18-24-28(34)33-27(20-14-16-22(31)17-15-20)25(29(35)37-4-2)26(32-30(33)38-24)19-10-6-5-7-11-19/h5-18,27H,3-4H2,1-2H3/b24-18-. The molecule has 0 bridgehead atoms. The smallest absolute Gasteiger partial charge is 0.338 e. The summed E-state index contributed by atoms with van der Waals surface area (Å²) in [5.41, 5.74) is 2.36. The van der Waals surface area contributed by atoms with Crippen molar-refractivity contribution in [2.24, 2.45) is 4.99 Å². The molecule has 192 valence electrons. The van der Waals surface area contributed by atoms with E-state index in [4.69, 9.17) is 14.5 Å². The number of rotatable bonds is 7. The van der Waals surface area contributed by atoms with Gasteiger partial charge in [-0.15, -0.1) is 0 Å². The van der Waals surface area contributed by atoms with Crippen molar-refractivity contribution in [2.75, 3.05) is 13.2 Å². The molecule has 1 unspecified atom stereocenters. The summed E-state index contributed by atoms with van der Waals surface area (Å²) in [4.78, 5) is 32.6. The number of hydrogen-bond acceptors (Lipinski definition) is 6. The molecule has 8 heteroatoms. The van der Waals surface area contributed by atoms with Gasteiger partial charge in [0.1, 0.15) is 11.6 Å². The van der Waals surface area contributed by atoms with Crippen molar-refractivity contribution in [3.63, 3.8) is 0 Å². The Labute approximate surface area is 222 Å². The highest BCUT2D eigenvalue weighted by Gasteiger charge is 2.35. The van der Waals surface area contributed by atoms with Crippen LogP contribution in [-0.4, -0.2) is 23.8 Å². The lowest BCUT2D eigenvalue weighted by molar-refractivity contribution is -0.138. The van der Waals surface area contributed by atoms with Crippen LogP contribution in [-0.2, 0) is 9.53 Å². The Bertz CT molecular complexity index is 1690. The number of carbonyl (C=O) groups is 1. The van der Waals surface area contributed by atoms with Crippen LogP contribution >= 0.6 is 11.3 Å². The van der Waals surface area contributed by atoms with Crippen LogP contribution in [0.2, 0.25) is 0 Å². The summed E-state index contributed by atoms with van der Waals surface area (Å²) >= 11 is 1.22. The Morgan fingerprint density at radius 1 is 1.00 bits per heavy atom. The number of para-hydroxylation sites is 1. The molecule has 0 N–H and O–H groups in total. The molecule has 2 heterocycles. The number of fused-ring (bicyclic) bond motifs is 1. The third-order valence-corrected chi connectivity index (χ3v) is 7.05. The van der Waals surface area contributed by atoms with E-state index in [0.717, 1.165) is 5.56 Å². The number of benzene rings is 3. The van der Waals surface area contributed by atoms with Gasteiger partial charge in [-0.1, -0.05) is 72.0 Å². The van der Waals surface area contributed by atoms with Crippen LogP contribution in [0.15, 0.2) is 94.2 Å². The molecular weight excluding hydrogens is 503 g/mol. The van der Waals surface area contributed by atoms with Crippen LogP contribution in [0.25, 0.3) is 11.8 Å². The SMILES string of the molecule is CCOC(=O)C1=C(c2ccccc2)N=c2s/c(=C\c3ccccc3OCC)c(=O)n2C1c1ccc(F)cc1. The zero-order valence-corrected chi connectivity index (χ0v) is 21.7. The third kappa shape index (κ3) is 4.82. The van der Waals surface area contributed by atoms with E-state index in [1.54, 1.807) is 25.1 Å². The van der Waals surface area contributed by atoms with Gasteiger partial charge in [-0.3, -0.25) is 9.36 Å². The van der Waals surface area contributed by atoms with Crippen LogP contribution in [0.3, 0.4) is 0 Å². The minimum atomic E-state index is -0.856. The van der Waals surface area contributed by atoms with Gasteiger partial charge in [-0.25, -0.2) is 14.2 Å². The van der Waals surface area contributed by atoms with Gasteiger partial charge in [0.05, 0.1) is 35.1 Å². The summed E-state index contributed by atoms with van der Waals surface area (Å²) in [6.07, 6.45) is 1.77. The number of hydrogen-bond donors (Lipinski definition) is 0. The van der Waals surface area contributed by atoms with Gasteiger partial charge in [-0.2, -0.15) is 0 Å². The van der Waals surface area contributed by atoms with Crippen molar-refractivity contribution in [1.82, 2.24) is 4.57 Å². The van der Waals surface area contributed by atoms with Gasteiger partial charge < -0.3 is 9.47 Å². The minimum Gasteiger partial charge on any atom is -0.493 e. The van der Waals surface area contributed by atoms with Crippen LogP contribution in [0, 0.1) is 5.82 Å². The lowest BCUT2D eigenvalue weighted by Gasteiger charge is -2.25. The first-order valence-electron chi connectivity index (χ1n) is 12.3. The van der Waals surface area contributed by atoms with Gasteiger partial charge in [0.25, 0.3) is 5.56 Å². The van der Waals surface area contributed by atoms with Crippen LogP contribution < -0.4 is 19.6 Å². The Balaban J connectivity index is 1.82. The quantitative estimate of drug-likeness (QED) is 0.332. The molecule has 3 aromatic carbocycles. The lowest BCUT2D eigenvalue weighted by Crippen LogP contribution is -2.40. The van der Waals surface area contributed by atoms with Gasteiger partial charge in [-0.05, 0) is 43.7 Å². The third-order valence-electron chi connectivity index (χ3n) is 6.06. The number of halogens is 1. The fraction of sp³-hybridized carbons (Fsp3) is 0.167. The van der Waals surface area contributed by atoms with Crippen molar-refractivity contribution in [3.8, 4) is 5.75 Å². The molecular formula is C30H25FN2O4S.